The van der Waals surface area contributed by atoms with Gasteiger partial charge in [-0.3, -0.25) is 4.79 Å². The van der Waals surface area contributed by atoms with E-state index in [1.165, 1.54) is 22.5 Å². The van der Waals surface area contributed by atoms with Gasteiger partial charge in [0, 0.05) is 11.3 Å². The molecule has 1 aromatic carbocycles. The molecular formula is C15H17NO2S. The number of aromatic nitrogens is 1. The zero-order valence-corrected chi connectivity index (χ0v) is 12.0. The van der Waals surface area contributed by atoms with Crippen molar-refractivity contribution in [3.05, 3.63) is 51.0 Å². The first-order valence-corrected chi connectivity index (χ1v) is 7.15. The Kier molecular flexibility index (Phi) is 4.32. The third kappa shape index (κ3) is 3.41. The molecule has 2 rings (SSSR count). The molecule has 1 heterocycles. The van der Waals surface area contributed by atoms with Crippen molar-refractivity contribution in [2.24, 2.45) is 0 Å². The van der Waals surface area contributed by atoms with Gasteiger partial charge in [-0.05, 0) is 24.5 Å². The summed E-state index contributed by atoms with van der Waals surface area (Å²) < 4.78 is 0. The Morgan fingerprint density at radius 2 is 2.00 bits per heavy atom. The number of thiazole rings is 1. The van der Waals surface area contributed by atoms with Crippen LogP contribution in [-0.2, 0) is 24.1 Å². The van der Waals surface area contributed by atoms with Gasteiger partial charge in [0.05, 0.1) is 12.1 Å². The average molecular weight is 275 g/mol. The van der Waals surface area contributed by atoms with Crippen LogP contribution in [0.25, 0.3) is 0 Å². The summed E-state index contributed by atoms with van der Waals surface area (Å²) >= 11 is 1.51. The number of benzene rings is 1. The van der Waals surface area contributed by atoms with E-state index in [0.717, 1.165) is 23.4 Å². The lowest BCUT2D eigenvalue weighted by atomic mass is 10.0. The number of aryl methyl sites for hydroxylation is 2. The normalized spacial score (nSPS) is 10.6. The molecule has 0 unspecified atom stereocenters. The summed E-state index contributed by atoms with van der Waals surface area (Å²) in [7, 11) is 0. The van der Waals surface area contributed by atoms with Gasteiger partial charge in [0.2, 0.25) is 0 Å². The van der Waals surface area contributed by atoms with E-state index in [1.807, 2.05) is 13.0 Å². The van der Waals surface area contributed by atoms with Crippen LogP contribution in [-0.4, -0.2) is 16.1 Å². The number of hydrogen-bond donors (Lipinski definition) is 1. The molecule has 0 fully saturated rings. The van der Waals surface area contributed by atoms with Crippen molar-refractivity contribution in [1.82, 2.24) is 4.98 Å². The monoisotopic (exact) mass is 275 g/mol. The van der Waals surface area contributed by atoms with E-state index in [1.54, 1.807) is 0 Å². The van der Waals surface area contributed by atoms with Crippen LogP contribution in [0.15, 0.2) is 24.3 Å². The predicted molar refractivity (Wildman–Crippen MR) is 76.8 cm³/mol. The fourth-order valence-corrected chi connectivity index (χ4v) is 3.19. The van der Waals surface area contributed by atoms with Gasteiger partial charge in [0.25, 0.3) is 0 Å². The Labute approximate surface area is 116 Å². The minimum atomic E-state index is -0.825. The molecule has 0 saturated carbocycles. The molecule has 0 atom stereocenters. The molecule has 1 aromatic heterocycles. The molecule has 4 heteroatoms. The maximum absolute atomic E-state index is 10.7. The quantitative estimate of drug-likeness (QED) is 0.911. The summed E-state index contributed by atoms with van der Waals surface area (Å²) in [5, 5.41) is 9.49. The highest BCUT2D eigenvalue weighted by Gasteiger charge is 2.12. The standard InChI is InChI=1S/C15H17NO2S/c1-3-11-6-4-5-7-12(11)8-13-10(2)16-14(19-13)9-15(17)18/h4-7H,3,8-9H2,1-2H3,(H,17,18). The molecule has 1 N–H and O–H groups in total. The van der Waals surface area contributed by atoms with Gasteiger partial charge in [-0.1, -0.05) is 31.2 Å². The first-order chi connectivity index (χ1) is 9.10. The van der Waals surface area contributed by atoms with Crippen molar-refractivity contribution in [3.8, 4) is 0 Å². The first kappa shape index (κ1) is 13.7. The molecule has 0 amide bonds. The number of rotatable bonds is 5. The van der Waals surface area contributed by atoms with Crippen molar-refractivity contribution in [1.29, 1.82) is 0 Å². The van der Waals surface area contributed by atoms with Crippen molar-refractivity contribution in [3.63, 3.8) is 0 Å². The summed E-state index contributed by atoms with van der Waals surface area (Å²) in [6, 6.07) is 8.37. The molecule has 0 spiro atoms. The van der Waals surface area contributed by atoms with Gasteiger partial charge in [-0.2, -0.15) is 0 Å². The second-order valence-corrected chi connectivity index (χ2v) is 5.65. The Morgan fingerprint density at radius 1 is 1.32 bits per heavy atom. The molecule has 0 aliphatic carbocycles. The number of aliphatic carboxylic acids is 1. The van der Waals surface area contributed by atoms with Crippen LogP contribution in [0.5, 0.6) is 0 Å². The maximum Gasteiger partial charge on any atom is 0.310 e. The highest BCUT2D eigenvalue weighted by molar-refractivity contribution is 7.11. The van der Waals surface area contributed by atoms with Gasteiger partial charge in [0.1, 0.15) is 5.01 Å². The second kappa shape index (κ2) is 5.97. The number of carboxylic acids is 1. The largest absolute Gasteiger partial charge is 0.481 e. The highest BCUT2D eigenvalue weighted by Crippen LogP contribution is 2.23. The predicted octanol–water partition coefficient (Wildman–Crippen LogP) is 3.23. The van der Waals surface area contributed by atoms with Crippen LogP contribution in [0.1, 0.15) is 33.6 Å². The van der Waals surface area contributed by atoms with Crippen LogP contribution in [0.4, 0.5) is 0 Å². The van der Waals surface area contributed by atoms with Crippen molar-refractivity contribution >= 4 is 17.3 Å². The van der Waals surface area contributed by atoms with Gasteiger partial charge in [-0.25, -0.2) is 4.98 Å². The first-order valence-electron chi connectivity index (χ1n) is 6.34. The summed E-state index contributed by atoms with van der Waals surface area (Å²) in [4.78, 5) is 16.2. The van der Waals surface area contributed by atoms with E-state index in [9.17, 15) is 4.79 Å². The van der Waals surface area contributed by atoms with E-state index in [4.69, 9.17) is 5.11 Å². The molecule has 0 saturated heterocycles. The molecule has 100 valence electrons. The minimum Gasteiger partial charge on any atom is -0.481 e. The lowest BCUT2D eigenvalue weighted by Gasteiger charge is -2.06. The van der Waals surface area contributed by atoms with Gasteiger partial charge < -0.3 is 5.11 Å². The summed E-state index contributed by atoms with van der Waals surface area (Å²) in [5.74, 6) is -0.825. The number of hydrogen-bond acceptors (Lipinski definition) is 3. The Bertz CT molecular complexity index is 590. The Hall–Kier alpha value is -1.68. The molecule has 0 aliphatic rings. The van der Waals surface area contributed by atoms with Gasteiger partial charge in [-0.15, -0.1) is 11.3 Å². The fraction of sp³-hybridized carbons (Fsp3) is 0.333. The zero-order valence-electron chi connectivity index (χ0n) is 11.1. The van der Waals surface area contributed by atoms with Crippen LogP contribution in [0, 0.1) is 6.92 Å². The van der Waals surface area contributed by atoms with Gasteiger partial charge in [0.15, 0.2) is 0 Å². The fourth-order valence-electron chi connectivity index (χ4n) is 2.11. The van der Waals surface area contributed by atoms with Crippen molar-refractivity contribution in [2.75, 3.05) is 0 Å². The third-order valence-corrected chi connectivity index (χ3v) is 4.25. The molecule has 19 heavy (non-hydrogen) atoms. The van der Waals surface area contributed by atoms with E-state index >= 15 is 0 Å². The molecule has 3 nitrogen and oxygen atoms in total. The molecular weight excluding hydrogens is 258 g/mol. The summed E-state index contributed by atoms with van der Waals surface area (Å²) in [6.45, 7) is 4.10. The lowest BCUT2D eigenvalue weighted by molar-refractivity contribution is -0.136. The highest BCUT2D eigenvalue weighted by atomic mass is 32.1. The number of nitrogens with zero attached hydrogens (tertiary/aromatic N) is 1. The van der Waals surface area contributed by atoms with Gasteiger partial charge >= 0.3 is 5.97 Å². The topological polar surface area (TPSA) is 50.2 Å². The molecule has 0 bridgehead atoms. The van der Waals surface area contributed by atoms with Crippen LogP contribution in [0.2, 0.25) is 0 Å². The molecule has 0 aliphatic heterocycles. The van der Waals surface area contributed by atoms with Crippen LogP contribution in [0.3, 0.4) is 0 Å². The van der Waals surface area contributed by atoms with E-state index in [-0.39, 0.29) is 6.42 Å². The second-order valence-electron chi connectivity index (χ2n) is 4.49. The maximum atomic E-state index is 10.7. The van der Waals surface area contributed by atoms with E-state index < -0.39 is 5.97 Å². The SMILES string of the molecule is CCc1ccccc1Cc1sc(CC(=O)O)nc1C. The third-order valence-electron chi connectivity index (χ3n) is 3.09. The number of carbonyl (C=O) groups is 1. The minimum absolute atomic E-state index is 0.0148. The van der Waals surface area contributed by atoms with Crippen molar-refractivity contribution < 1.29 is 9.90 Å². The van der Waals surface area contributed by atoms with Crippen molar-refractivity contribution in [2.45, 2.75) is 33.1 Å². The molecule has 2 aromatic rings. The lowest BCUT2D eigenvalue weighted by Crippen LogP contribution is -1.98. The summed E-state index contributed by atoms with van der Waals surface area (Å²) in [6.07, 6.45) is 1.87. The zero-order chi connectivity index (χ0) is 13.8. The number of carboxylic acid groups (broad SMARTS) is 1. The summed E-state index contributed by atoms with van der Waals surface area (Å²) in [5.41, 5.74) is 3.60. The Morgan fingerprint density at radius 3 is 2.63 bits per heavy atom. The smallest absolute Gasteiger partial charge is 0.310 e. The van der Waals surface area contributed by atoms with Crippen LogP contribution < -0.4 is 0 Å². The Balaban J connectivity index is 2.23. The van der Waals surface area contributed by atoms with E-state index in [2.05, 4.69) is 30.1 Å². The average Bonchev–Trinajstić information content (AvgIpc) is 2.69. The van der Waals surface area contributed by atoms with E-state index in [0.29, 0.717) is 5.01 Å². The van der Waals surface area contributed by atoms with Crippen LogP contribution >= 0.6 is 11.3 Å². The molecule has 0 radical (unpaired) electrons.